The van der Waals surface area contributed by atoms with Crippen LogP contribution < -0.4 is 10.5 Å². The quantitative estimate of drug-likeness (QED) is 0.212. The second-order valence-electron chi connectivity index (χ2n) is 7.01. The molecule has 0 aromatic heterocycles. The second-order valence-corrected chi connectivity index (χ2v) is 7.01. The van der Waals surface area contributed by atoms with E-state index < -0.39 is 24.8 Å². The van der Waals surface area contributed by atoms with E-state index in [2.05, 4.69) is 10.5 Å². The summed E-state index contributed by atoms with van der Waals surface area (Å²) < 4.78 is 16.4. The number of carbonyl (C=O) groups is 1. The standard InChI is InChI=1S/C16H33BN2O6.ClH/c1-12(9-20)18-8-6-5-7-14(19-17(4)22)15(21)23-10-13-11-24-16(2,3)25-13;/h12-14,18-20,22H,5-11H2,1-4H3;1H. The Labute approximate surface area is 162 Å². The van der Waals surface area contributed by atoms with Crippen molar-refractivity contribution in [2.45, 2.75) is 70.8 Å². The van der Waals surface area contributed by atoms with Crippen LogP contribution in [0.3, 0.4) is 0 Å². The predicted octanol–water partition coefficient (Wildman–Crippen LogP) is 0.312. The molecule has 0 saturated carbocycles. The van der Waals surface area contributed by atoms with Gasteiger partial charge in [-0.1, -0.05) is 6.42 Å². The van der Waals surface area contributed by atoms with Crippen LogP contribution in [-0.4, -0.2) is 73.5 Å². The van der Waals surface area contributed by atoms with E-state index in [-0.39, 0.29) is 37.8 Å². The molecule has 0 aliphatic carbocycles. The molecule has 0 aromatic rings. The summed E-state index contributed by atoms with van der Waals surface area (Å²) in [6.45, 7) is 8.51. The van der Waals surface area contributed by atoms with Crippen molar-refractivity contribution >= 4 is 25.4 Å². The Morgan fingerprint density at radius 1 is 1.42 bits per heavy atom. The zero-order valence-electron chi connectivity index (χ0n) is 16.2. The number of hydrogen-bond donors (Lipinski definition) is 4. The van der Waals surface area contributed by atoms with Gasteiger partial charge in [-0.2, -0.15) is 0 Å². The van der Waals surface area contributed by atoms with Crippen LogP contribution in [0.4, 0.5) is 0 Å². The van der Waals surface area contributed by atoms with Gasteiger partial charge in [0.25, 0.3) is 0 Å². The Balaban J connectivity index is 0.00000625. The molecule has 0 bridgehead atoms. The van der Waals surface area contributed by atoms with Crippen LogP contribution in [-0.2, 0) is 19.0 Å². The maximum Gasteiger partial charge on any atom is 0.374 e. The smallest absolute Gasteiger partial charge is 0.374 e. The molecule has 1 heterocycles. The van der Waals surface area contributed by atoms with Crippen LogP contribution in [0.5, 0.6) is 0 Å². The normalized spacial score (nSPS) is 20.9. The number of aliphatic hydroxyl groups is 1. The van der Waals surface area contributed by atoms with Gasteiger partial charge in [-0.05, 0) is 47.0 Å². The van der Waals surface area contributed by atoms with E-state index in [1.807, 2.05) is 20.8 Å². The molecule has 8 nitrogen and oxygen atoms in total. The number of carbonyl (C=O) groups excluding carboxylic acids is 1. The third-order valence-corrected chi connectivity index (χ3v) is 3.89. The lowest BCUT2D eigenvalue weighted by Crippen LogP contribution is -2.46. The van der Waals surface area contributed by atoms with Gasteiger partial charge in [0.15, 0.2) is 5.79 Å². The maximum atomic E-state index is 12.3. The summed E-state index contributed by atoms with van der Waals surface area (Å²) in [4.78, 5) is 12.3. The van der Waals surface area contributed by atoms with E-state index >= 15 is 0 Å². The van der Waals surface area contributed by atoms with Crippen molar-refractivity contribution in [3.05, 3.63) is 0 Å². The minimum Gasteiger partial charge on any atom is -0.462 e. The van der Waals surface area contributed by atoms with E-state index in [0.717, 1.165) is 19.4 Å². The van der Waals surface area contributed by atoms with Crippen LogP contribution in [0, 0.1) is 0 Å². The first kappa shape index (κ1) is 25.6. The summed E-state index contributed by atoms with van der Waals surface area (Å²) in [6, 6.07) is -0.500. The molecule has 1 aliphatic rings. The van der Waals surface area contributed by atoms with Crippen LogP contribution in [0.2, 0.25) is 6.82 Å². The third-order valence-electron chi connectivity index (χ3n) is 3.89. The number of ether oxygens (including phenoxy) is 3. The number of esters is 1. The predicted molar refractivity (Wildman–Crippen MR) is 102 cm³/mol. The van der Waals surface area contributed by atoms with Gasteiger partial charge in [-0.25, -0.2) is 0 Å². The average molecular weight is 397 g/mol. The van der Waals surface area contributed by atoms with Crippen LogP contribution >= 0.6 is 12.4 Å². The molecule has 1 saturated heterocycles. The molecule has 1 aliphatic heterocycles. The fourth-order valence-electron chi connectivity index (χ4n) is 2.57. The molecular weight excluding hydrogens is 362 g/mol. The fraction of sp³-hybridized carbons (Fsp3) is 0.938. The lowest BCUT2D eigenvalue weighted by atomic mass is 9.86. The van der Waals surface area contributed by atoms with Gasteiger partial charge in [0.05, 0.1) is 19.3 Å². The number of aliphatic hydroxyl groups excluding tert-OH is 1. The van der Waals surface area contributed by atoms with E-state index in [1.54, 1.807) is 6.82 Å². The maximum absolute atomic E-state index is 12.3. The van der Waals surface area contributed by atoms with Gasteiger partial charge in [0.1, 0.15) is 12.7 Å². The third kappa shape index (κ3) is 10.7. The topological polar surface area (TPSA) is 109 Å². The van der Waals surface area contributed by atoms with Gasteiger partial charge in [0.2, 0.25) is 0 Å². The Bertz CT molecular complexity index is 403. The fourth-order valence-corrected chi connectivity index (χ4v) is 2.57. The molecule has 1 fully saturated rings. The lowest BCUT2D eigenvalue weighted by molar-refractivity contribution is -0.159. The number of nitrogens with one attached hydrogen (secondary N) is 2. The van der Waals surface area contributed by atoms with Crippen LogP contribution in [0.25, 0.3) is 0 Å². The summed E-state index contributed by atoms with van der Waals surface area (Å²) in [5, 5.41) is 24.5. The molecule has 4 N–H and O–H groups in total. The Morgan fingerprint density at radius 2 is 2.12 bits per heavy atom. The van der Waals surface area contributed by atoms with Crippen molar-refractivity contribution < 1.29 is 29.1 Å². The highest BCUT2D eigenvalue weighted by Gasteiger charge is 2.34. The summed E-state index contributed by atoms with van der Waals surface area (Å²) in [5.41, 5.74) is 0. The summed E-state index contributed by atoms with van der Waals surface area (Å²) >= 11 is 0. The molecule has 0 amide bonds. The average Bonchev–Trinajstić information content (AvgIpc) is 2.89. The zero-order valence-corrected chi connectivity index (χ0v) is 17.0. The van der Waals surface area contributed by atoms with Gasteiger partial charge in [-0.3, -0.25) is 4.79 Å². The van der Waals surface area contributed by atoms with Gasteiger partial charge >= 0.3 is 13.0 Å². The van der Waals surface area contributed by atoms with E-state index in [0.29, 0.717) is 13.0 Å². The highest BCUT2D eigenvalue weighted by atomic mass is 35.5. The largest absolute Gasteiger partial charge is 0.462 e. The minimum absolute atomic E-state index is 0. The van der Waals surface area contributed by atoms with E-state index in [9.17, 15) is 9.82 Å². The summed E-state index contributed by atoms with van der Waals surface area (Å²) in [6.07, 6.45) is 1.95. The molecule has 154 valence electrons. The lowest BCUT2D eigenvalue weighted by Gasteiger charge is -2.20. The first-order chi connectivity index (χ1) is 11.7. The first-order valence-electron chi connectivity index (χ1n) is 9.00. The molecule has 0 radical (unpaired) electrons. The second kappa shape index (κ2) is 12.9. The minimum atomic E-state index is -0.796. The molecule has 3 atom stereocenters. The van der Waals surface area contributed by atoms with Gasteiger partial charge in [0, 0.05) is 6.04 Å². The molecule has 26 heavy (non-hydrogen) atoms. The monoisotopic (exact) mass is 396 g/mol. The highest BCUT2D eigenvalue weighted by molar-refractivity contribution is 6.46. The molecular formula is C16H34BClN2O6. The van der Waals surface area contributed by atoms with Crippen molar-refractivity contribution in [2.75, 3.05) is 26.4 Å². The van der Waals surface area contributed by atoms with Crippen molar-refractivity contribution in [3.8, 4) is 0 Å². The molecule has 3 unspecified atom stereocenters. The van der Waals surface area contributed by atoms with Crippen molar-refractivity contribution in [1.82, 2.24) is 10.5 Å². The number of halogens is 1. The number of unbranched alkanes of at least 4 members (excludes halogenated alkanes) is 1. The highest BCUT2D eigenvalue weighted by Crippen LogP contribution is 2.22. The molecule has 0 spiro atoms. The van der Waals surface area contributed by atoms with Gasteiger partial charge in [-0.15, -0.1) is 12.4 Å². The number of rotatable bonds is 12. The van der Waals surface area contributed by atoms with E-state index in [4.69, 9.17) is 19.3 Å². The van der Waals surface area contributed by atoms with E-state index in [1.165, 1.54) is 0 Å². The van der Waals surface area contributed by atoms with Crippen LogP contribution in [0.1, 0.15) is 40.0 Å². The summed E-state index contributed by atoms with van der Waals surface area (Å²) in [5.74, 6) is -1.04. The summed E-state index contributed by atoms with van der Waals surface area (Å²) in [7, 11) is -0.796. The Kier molecular flexibility index (Phi) is 12.7. The van der Waals surface area contributed by atoms with Gasteiger partial charge < -0.3 is 34.9 Å². The van der Waals surface area contributed by atoms with Crippen molar-refractivity contribution in [1.29, 1.82) is 0 Å². The molecule has 0 aromatic carbocycles. The Hall–Kier alpha value is -0.415. The van der Waals surface area contributed by atoms with Crippen LogP contribution in [0.15, 0.2) is 0 Å². The molecule has 1 rings (SSSR count). The van der Waals surface area contributed by atoms with Crippen molar-refractivity contribution in [2.24, 2.45) is 0 Å². The molecule has 10 heteroatoms. The Morgan fingerprint density at radius 3 is 2.65 bits per heavy atom. The first-order valence-corrected chi connectivity index (χ1v) is 9.00. The van der Waals surface area contributed by atoms with Crippen molar-refractivity contribution in [3.63, 3.8) is 0 Å². The zero-order chi connectivity index (χ0) is 18.9. The number of hydrogen-bond acceptors (Lipinski definition) is 8. The SMILES string of the molecule is CB(O)NC(CCCCNC(C)CO)C(=O)OCC1COC(C)(C)O1.Cl.